The van der Waals surface area contributed by atoms with Crippen molar-refractivity contribution in [3.63, 3.8) is 0 Å². The van der Waals surface area contributed by atoms with E-state index < -0.39 is 55.9 Å². The summed E-state index contributed by atoms with van der Waals surface area (Å²) < 4.78 is 57.5. The van der Waals surface area contributed by atoms with Gasteiger partial charge in [0.1, 0.15) is 12.1 Å². The number of amides is 1. The summed E-state index contributed by atoms with van der Waals surface area (Å²) in [5.74, 6) is -3.03. The van der Waals surface area contributed by atoms with Gasteiger partial charge in [0.25, 0.3) is 12.9 Å². The fourth-order valence-electron chi connectivity index (χ4n) is 6.23. The van der Waals surface area contributed by atoms with Crippen molar-refractivity contribution in [2.75, 3.05) is 19.6 Å². The molecule has 2 aromatic carbocycles. The number of aliphatic hydroxyl groups is 1. The average molecular weight is 666 g/mol. The molecule has 47 heavy (non-hydrogen) atoms. The average Bonchev–Trinajstić information content (AvgIpc) is 3.69. The van der Waals surface area contributed by atoms with Gasteiger partial charge in [-0.3, -0.25) is 14.5 Å². The van der Waals surface area contributed by atoms with Gasteiger partial charge in [-0.05, 0) is 57.1 Å². The maximum Gasteiger partial charge on any atom is 0.374 e. The van der Waals surface area contributed by atoms with Crippen LogP contribution in [-0.4, -0.2) is 89.6 Å². The normalized spacial score (nSPS) is 21.7. The Morgan fingerprint density at radius 2 is 1.45 bits per heavy atom. The van der Waals surface area contributed by atoms with Crippen molar-refractivity contribution in [1.29, 1.82) is 0 Å². The Bertz CT molecular complexity index is 1250. The van der Waals surface area contributed by atoms with Crippen molar-refractivity contribution < 1.29 is 42.0 Å². The van der Waals surface area contributed by atoms with E-state index in [1.54, 1.807) is 18.7 Å². The van der Waals surface area contributed by atoms with Crippen LogP contribution in [0.15, 0.2) is 60.7 Å². The molecule has 1 amide bonds. The van der Waals surface area contributed by atoms with E-state index in [2.05, 4.69) is 17.1 Å². The van der Waals surface area contributed by atoms with Crippen LogP contribution in [0.5, 0.6) is 0 Å². The lowest BCUT2D eigenvalue weighted by molar-refractivity contribution is -0.168. The second kappa shape index (κ2) is 18.0. The molecule has 4 rings (SSSR count). The Hall–Kier alpha value is -3.00. The number of carbonyl (C=O) groups is 2. The third kappa shape index (κ3) is 10.5. The van der Waals surface area contributed by atoms with Gasteiger partial charge < -0.3 is 25.0 Å². The van der Waals surface area contributed by atoms with E-state index in [0.717, 1.165) is 12.1 Å². The van der Waals surface area contributed by atoms with Gasteiger partial charge in [-0.2, -0.15) is 0 Å². The number of benzene rings is 2. The van der Waals surface area contributed by atoms with Gasteiger partial charge >= 0.3 is 13.0 Å². The van der Waals surface area contributed by atoms with Crippen molar-refractivity contribution in [2.24, 2.45) is 17.8 Å². The highest BCUT2D eigenvalue weighted by Crippen LogP contribution is 2.34. The van der Waals surface area contributed by atoms with Gasteiger partial charge in [-0.1, -0.05) is 74.5 Å². The predicted octanol–water partition coefficient (Wildman–Crippen LogP) is 5.19. The first-order chi connectivity index (χ1) is 22.2. The molecule has 0 bridgehead atoms. The molecule has 0 aliphatic carbocycles. The zero-order chi connectivity index (χ0) is 34.8. The largest absolute Gasteiger partial charge is 0.454 e. The Morgan fingerprint density at radius 3 is 1.94 bits per heavy atom. The highest BCUT2D eigenvalue weighted by atomic mass is 19.3. The number of nitrogens with zero attached hydrogens (tertiary/aromatic N) is 2. The van der Waals surface area contributed by atoms with E-state index in [4.69, 9.17) is 4.74 Å². The summed E-state index contributed by atoms with van der Waals surface area (Å²) in [5, 5.41) is 21.5. The minimum Gasteiger partial charge on any atom is -0.454 e. The lowest BCUT2D eigenvalue weighted by Gasteiger charge is -2.28. The van der Waals surface area contributed by atoms with E-state index in [1.807, 2.05) is 67.6 Å². The van der Waals surface area contributed by atoms with E-state index >= 15 is 0 Å². The van der Waals surface area contributed by atoms with E-state index in [1.165, 1.54) is 12.4 Å². The number of hydrogen-bond acceptors (Lipinski definition) is 7. The lowest BCUT2D eigenvalue weighted by Crippen LogP contribution is -2.51. The zero-order valence-corrected chi connectivity index (χ0v) is 27.7. The van der Waals surface area contributed by atoms with Crippen molar-refractivity contribution in [2.45, 2.75) is 90.5 Å². The highest BCUT2D eigenvalue weighted by Gasteiger charge is 2.46. The Morgan fingerprint density at radius 1 is 0.894 bits per heavy atom. The lowest BCUT2D eigenvalue weighted by atomic mass is 9.85. The van der Waals surface area contributed by atoms with Crippen LogP contribution in [0.2, 0.25) is 6.82 Å². The second-order valence-corrected chi connectivity index (χ2v) is 12.8. The van der Waals surface area contributed by atoms with Crippen molar-refractivity contribution in [3.05, 3.63) is 71.8 Å². The first-order valence-electron chi connectivity index (χ1n) is 16.3. The van der Waals surface area contributed by atoms with E-state index in [9.17, 15) is 37.3 Å². The molecule has 8 nitrogen and oxygen atoms in total. The number of hydrogen-bond donors (Lipinski definition) is 3. The number of esters is 1. The fraction of sp³-hybridized carbons (Fsp3) is 0.588. The van der Waals surface area contributed by atoms with Crippen LogP contribution >= 0.6 is 0 Å². The van der Waals surface area contributed by atoms with Crippen LogP contribution < -0.4 is 5.23 Å². The van der Waals surface area contributed by atoms with Gasteiger partial charge in [-0.15, -0.1) is 0 Å². The number of rotatable bonds is 13. The molecule has 2 fully saturated rings. The molecule has 2 unspecified atom stereocenters. The minimum absolute atomic E-state index is 0.189. The summed E-state index contributed by atoms with van der Waals surface area (Å²) >= 11 is 0. The van der Waals surface area contributed by atoms with Crippen LogP contribution in [0.4, 0.5) is 17.6 Å². The molecule has 0 radical (unpaired) electrons. The van der Waals surface area contributed by atoms with Crippen LogP contribution in [-0.2, 0) is 14.3 Å². The Balaban J connectivity index is 0.000000284. The number of halogens is 4. The molecule has 260 valence electrons. The van der Waals surface area contributed by atoms with E-state index in [0.29, 0.717) is 19.5 Å². The van der Waals surface area contributed by atoms with Crippen molar-refractivity contribution in [1.82, 2.24) is 15.0 Å². The molecule has 7 atom stereocenters. The Labute approximate surface area is 275 Å². The third-order valence-electron chi connectivity index (χ3n) is 9.10. The fourth-order valence-corrected chi connectivity index (χ4v) is 6.23. The monoisotopic (exact) mass is 665 g/mol. The van der Waals surface area contributed by atoms with Gasteiger partial charge in [0.05, 0.1) is 12.0 Å². The molecule has 13 heteroatoms. The number of nitrogens with one attached hydrogen (secondary N) is 1. The first-order valence-corrected chi connectivity index (χ1v) is 16.3. The number of alkyl halides is 4. The molecule has 3 N–H and O–H groups in total. The molecule has 2 saturated heterocycles. The summed E-state index contributed by atoms with van der Waals surface area (Å²) in [6.45, 7) is 10.4. The SMILES string of the molecule is CB(O)N[C@H](C(=O)OC(C(F)F)C1CCN([C@H](C)c2ccccc2)C1=O)C(C)C.C[C@H](c1ccccc1)N1CC[C@@H]([C@H](O)C(F)F)C1. The first kappa shape index (κ1) is 38.5. The van der Waals surface area contributed by atoms with Crippen LogP contribution in [0, 0.1) is 17.8 Å². The smallest absolute Gasteiger partial charge is 0.374 e. The molecule has 2 aromatic rings. The number of carbonyl (C=O) groups excluding carboxylic acids is 2. The summed E-state index contributed by atoms with van der Waals surface area (Å²) in [6, 6.07) is 18.3. The quantitative estimate of drug-likeness (QED) is 0.154. The Kier molecular flexibility index (Phi) is 14.7. The number of ether oxygens (including phenoxy) is 1. The number of aliphatic hydroxyl groups excluding tert-OH is 1. The summed E-state index contributed by atoms with van der Waals surface area (Å²) in [6.07, 6.45) is -8.10. The third-order valence-corrected chi connectivity index (χ3v) is 9.10. The molecule has 0 saturated carbocycles. The standard InChI is InChI=1S/C20H29BF2N2O4.C14H19F2NO/c1-12(2)16(24-21(4)28)20(27)29-17(18(22)23)15-10-11-25(19(15)26)13(3)14-8-6-5-7-9-14;1-10(11-5-3-2-4-6-11)17-8-7-12(9-17)13(18)14(15)16/h5-9,12-13,15-18,24,28H,10-11H2,1-4H3;2-6,10,12-14,18H,7-9H2,1H3/t13-,15?,16+,17?;10-,12-,13+/m11/s1. The molecule has 2 aliphatic heterocycles. The van der Waals surface area contributed by atoms with Crippen LogP contribution in [0.1, 0.15) is 63.7 Å². The van der Waals surface area contributed by atoms with Gasteiger partial charge in [0.2, 0.25) is 5.91 Å². The number of likely N-dealkylation sites (tertiary alicyclic amines) is 2. The summed E-state index contributed by atoms with van der Waals surface area (Å²) in [5.41, 5.74) is 2.10. The molecule has 2 aliphatic rings. The van der Waals surface area contributed by atoms with Crippen LogP contribution in [0.25, 0.3) is 0 Å². The van der Waals surface area contributed by atoms with Gasteiger partial charge in [0.15, 0.2) is 6.10 Å². The molecular formula is C34H48BF4N3O5. The van der Waals surface area contributed by atoms with Crippen molar-refractivity contribution in [3.8, 4) is 0 Å². The predicted molar refractivity (Wildman–Crippen MR) is 173 cm³/mol. The minimum atomic E-state index is -2.99. The van der Waals surface area contributed by atoms with Crippen molar-refractivity contribution >= 4 is 18.9 Å². The van der Waals surface area contributed by atoms with Gasteiger partial charge in [-0.25, -0.2) is 17.6 Å². The molecule has 0 aromatic heterocycles. The molecular weight excluding hydrogens is 617 g/mol. The van der Waals surface area contributed by atoms with Crippen LogP contribution in [0.3, 0.4) is 0 Å². The highest BCUT2D eigenvalue weighted by molar-refractivity contribution is 6.46. The second-order valence-electron chi connectivity index (χ2n) is 12.8. The van der Waals surface area contributed by atoms with Gasteiger partial charge in [0, 0.05) is 25.0 Å². The maximum atomic E-state index is 13.7. The topological polar surface area (TPSA) is 102 Å². The summed E-state index contributed by atoms with van der Waals surface area (Å²) in [4.78, 5) is 29.1. The van der Waals surface area contributed by atoms with E-state index in [-0.39, 0.29) is 30.3 Å². The summed E-state index contributed by atoms with van der Waals surface area (Å²) in [7, 11) is -1.00. The zero-order valence-electron chi connectivity index (χ0n) is 27.7. The molecule has 0 spiro atoms. The maximum absolute atomic E-state index is 13.7. The molecule has 2 heterocycles.